The molecule has 1 aromatic heterocycles. The maximum Gasteiger partial charge on any atom is 0.186 e. The molecule has 4 heteroatoms. The van der Waals surface area contributed by atoms with Crippen LogP contribution in [0.25, 0.3) is 0 Å². The molecule has 0 unspecified atom stereocenters. The van der Waals surface area contributed by atoms with Crippen LogP contribution in [0.1, 0.15) is 22.6 Å². The van der Waals surface area contributed by atoms with E-state index in [0.29, 0.717) is 17.9 Å². The lowest BCUT2D eigenvalue weighted by molar-refractivity contribution is 0.603. The van der Waals surface area contributed by atoms with E-state index in [2.05, 4.69) is 9.97 Å². The van der Waals surface area contributed by atoms with Crippen molar-refractivity contribution < 1.29 is 4.39 Å². The van der Waals surface area contributed by atoms with Gasteiger partial charge in [0.25, 0.3) is 0 Å². The number of hydrogen-bond acceptors (Lipinski definition) is 3. The average Bonchev–Trinajstić information content (AvgIpc) is 2.29. The van der Waals surface area contributed by atoms with E-state index in [4.69, 9.17) is 5.73 Å². The van der Waals surface area contributed by atoms with Crippen LogP contribution < -0.4 is 5.73 Å². The minimum absolute atomic E-state index is 0.0837. The van der Waals surface area contributed by atoms with Gasteiger partial charge >= 0.3 is 0 Å². The average molecular weight is 231 g/mol. The molecule has 0 saturated carbocycles. The van der Waals surface area contributed by atoms with E-state index < -0.39 is 5.82 Å². The van der Waals surface area contributed by atoms with E-state index in [1.54, 1.807) is 6.92 Å². The van der Waals surface area contributed by atoms with E-state index >= 15 is 0 Å². The summed E-state index contributed by atoms with van der Waals surface area (Å²) in [6.07, 6.45) is 0.561. The van der Waals surface area contributed by atoms with Crippen LogP contribution in [0, 0.1) is 19.7 Å². The largest absolute Gasteiger partial charge is 0.381 e. The Morgan fingerprint density at radius 3 is 2.35 bits per heavy atom. The van der Waals surface area contributed by atoms with Gasteiger partial charge in [-0.05, 0) is 19.4 Å². The summed E-state index contributed by atoms with van der Waals surface area (Å²) < 4.78 is 13.3. The summed E-state index contributed by atoms with van der Waals surface area (Å²) in [5.74, 6) is -0.0671. The zero-order valence-corrected chi connectivity index (χ0v) is 9.87. The molecule has 2 rings (SSSR count). The van der Waals surface area contributed by atoms with Crippen molar-refractivity contribution in [1.82, 2.24) is 9.97 Å². The van der Waals surface area contributed by atoms with Crippen LogP contribution in [0.5, 0.6) is 0 Å². The van der Waals surface area contributed by atoms with Crippen LogP contribution in [0.3, 0.4) is 0 Å². The van der Waals surface area contributed by atoms with Crippen LogP contribution in [-0.4, -0.2) is 9.97 Å². The molecule has 0 aliphatic heterocycles. The molecule has 0 fully saturated rings. The van der Waals surface area contributed by atoms with Gasteiger partial charge < -0.3 is 5.73 Å². The molecule has 1 heterocycles. The number of nitrogen functional groups attached to an aromatic ring is 1. The fourth-order valence-electron chi connectivity index (χ4n) is 1.61. The van der Waals surface area contributed by atoms with Crippen molar-refractivity contribution >= 4 is 5.82 Å². The Labute approximate surface area is 99.5 Å². The van der Waals surface area contributed by atoms with E-state index in [1.165, 1.54) is 5.56 Å². The number of benzene rings is 1. The second-order valence-corrected chi connectivity index (χ2v) is 4.09. The van der Waals surface area contributed by atoms with Crippen molar-refractivity contribution in [3.63, 3.8) is 0 Å². The first-order chi connectivity index (χ1) is 8.06. The van der Waals surface area contributed by atoms with Crippen molar-refractivity contribution in [2.75, 3.05) is 5.73 Å². The maximum atomic E-state index is 13.3. The number of anilines is 1. The molecule has 0 saturated heterocycles. The number of aryl methyl sites for hydroxylation is 2. The summed E-state index contributed by atoms with van der Waals surface area (Å²) >= 11 is 0. The Balaban J connectivity index is 2.27. The summed E-state index contributed by atoms with van der Waals surface area (Å²) in [6.45, 7) is 3.62. The Kier molecular flexibility index (Phi) is 3.04. The number of hydrogen-bond donors (Lipinski definition) is 1. The van der Waals surface area contributed by atoms with E-state index in [1.807, 2.05) is 31.2 Å². The van der Waals surface area contributed by atoms with Gasteiger partial charge in [-0.1, -0.05) is 29.8 Å². The van der Waals surface area contributed by atoms with E-state index in [-0.39, 0.29) is 5.82 Å². The molecular weight excluding hydrogens is 217 g/mol. The molecule has 2 aromatic rings. The summed E-state index contributed by atoms with van der Waals surface area (Å²) in [5, 5.41) is 0. The molecule has 0 aliphatic rings. The third kappa shape index (κ3) is 2.58. The lowest BCUT2D eigenvalue weighted by Gasteiger charge is -2.05. The third-order valence-electron chi connectivity index (χ3n) is 2.57. The lowest BCUT2D eigenvalue weighted by Crippen LogP contribution is -2.06. The van der Waals surface area contributed by atoms with Crippen LogP contribution >= 0.6 is 0 Å². The first-order valence-corrected chi connectivity index (χ1v) is 5.40. The number of halogens is 1. The van der Waals surface area contributed by atoms with E-state index in [0.717, 1.165) is 5.56 Å². The standard InChI is InChI=1S/C13H14FN3/c1-8-3-5-10(6-4-8)7-11-16-9(2)12(14)13(15)17-11/h3-6H,7H2,1-2H3,(H2,15,16,17). The van der Waals surface area contributed by atoms with Gasteiger partial charge in [0.05, 0.1) is 5.69 Å². The van der Waals surface area contributed by atoms with Crippen molar-refractivity contribution in [2.45, 2.75) is 20.3 Å². The molecule has 0 spiro atoms. The number of aromatic nitrogens is 2. The van der Waals surface area contributed by atoms with Crippen molar-refractivity contribution in [2.24, 2.45) is 0 Å². The predicted molar refractivity (Wildman–Crippen MR) is 65.1 cm³/mol. The van der Waals surface area contributed by atoms with Crippen LogP contribution in [0.2, 0.25) is 0 Å². The number of nitrogens with zero attached hydrogens (tertiary/aromatic N) is 2. The van der Waals surface area contributed by atoms with Gasteiger partial charge in [0, 0.05) is 6.42 Å². The van der Waals surface area contributed by atoms with Crippen molar-refractivity contribution in [1.29, 1.82) is 0 Å². The smallest absolute Gasteiger partial charge is 0.186 e. The van der Waals surface area contributed by atoms with Crippen LogP contribution in [0.4, 0.5) is 10.2 Å². The predicted octanol–water partition coefficient (Wildman–Crippen LogP) is 2.41. The van der Waals surface area contributed by atoms with Gasteiger partial charge in [0.1, 0.15) is 5.82 Å². The molecule has 0 bridgehead atoms. The summed E-state index contributed by atoms with van der Waals surface area (Å²) in [5.41, 5.74) is 8.05. The monoisotopic (exact) mass is 231 g/mol. The van der Waals surface area contributed by atoms with Crippen molar-refractivity contribution in [3.8, 4) is 0 Å². The van der Waals surface area contributed by atoms with Crippen LogP contribution in [0.15, 0.2) is 24.3 Å². The maximum absolute atomic E-state index is 13.3. The molecule has 3 nitrogen and oxygen atoms in total. The minimum atomic E-state index is -0.530. The Morgan fingerprint density at radius 2 is 1.76 bits per heavy atom. The van der Waals surface area contributed by atoms with Gasteiger partial charge in [-0.15, -0.1) is 0 Å². The molecule has 17 heavy (non-hydrogen) atoms. The molecule has 0 amide bonds. The normalized spacial score (nSPS) is 10.5. The summed E-state index contributed by atoms with van der Waals surface area (Å²) in [4.78, 5) is 8.03. The summed E-state index contributed by atoms with van der Waals surface area (Å²) in [7, 11) is 0. The van der Waals surface area contributed by atoms with Gasteiger partial charge in [-0.3, -0.25) is 0 Å². The minimum Gasteiger partial charge on any atom is -0.381 e. The highest BCUT2D eigenvalue weighted by Gasteiger charge is 2.08. The highest BCUT2D eigenvalue weighted by atomic mass is 19.1. The van der Waals surface area contributed by atoms with Crippen LogP contribution in [-0.2, 0) is 6.42 Å². The molecule has 88 valence electrons. The molecule has 1 aromatic carbocycles. The quantitative estimate of drug-likeness (QED) is 0.863. The van der Waals surface area contributed by atoms with E-state index in [9.17, 15) is 4.39 Å². The van der Waals surface area contributed by atoms with Gasteiger partial charge in [-0.25, -0.2) is 14.4 Å². The Hall–Kier alpha value is -1.97. The molecule has 0 aliphatic carbocycles. The fraction of sp³-hybridized carbons (Fsp3) is 0.231. The number of nitrogens with two attached hydrogens (primary N) is 1. The highest BCUT2D eigenvalue weighted by Crippen LogP contribution is 2.13. The topological polar surface area (TPSA) is 51.8 Å². The first kappa shape index (κ1) is 11.5. The van der Waals surface area contributed by atoms with Gasteiger partial charge in [0.15, 0.2) is 11.6 Å². The second kappa shape index (κ2) is 4.49. The van der Waals surface area contributed by atoms with Gasteiger partial charge in [-0.2, -0.15) is 0 Å². The third-order valence-corrected chi connectivity index (χ3v) is 2.57. The fourth-order valence-corrected chi connectivity index (χ4v) is 1.61. The summed E-state index contributed by atoms with van der Waals surface area (Å²) in [6, 6.07) is 8.06. The Bertz CT molecular complexity index is 512. The zero-order valence-electron chi connectivity index (χ0n) is 9.87. The highest BCUT2D eigenvalue weighted by molar-refractivity contribution is 5.33. The molecule has 2 N–H and O–H groups in total. The lowest BCUT2D eigenvalue weighted by atomic mass is 10.1. The molecular formula is C13H14FN3. The first-order valence-electron chi connectivity index (χ1n) is 5.40. The Morgan fingerprint density at radius 1 is 1.12 bits per heavy atom. The second-order valence-electron chi connectivity index (χ2n) is 4.09. The number of rotatable bonds is 2. The SMILES string of the molecule is Cc1ccc(Cc2nc(C)c(F)c(N)n2)cc1. The molecule has 0 atom stereocenters. The zero-order chi connectivity index (χ0) is 12.4. The van der Waals surface area contributed by atoms with Gasteiger partial charge in [0.2, 0.25) is 0 Å². The molecule has 0 radical (unpaired) electrons. The van der Waals surface area contributed by atoms with Crippen molar-refractivity contribution in [3.05, 3.63) is 52.7 Å².